The Balaban J connectivity index is 0.000000123. The second-order valence-corrected chi connectivity index (χ2v) is 32.2. The van der Waals surface area contributed by atoms with Crippen molar-refractivity contribution in [3.8, 4) is 11.5 Å². The van der Waals surface area contributed by atoms with Crippen molar-refractivity contribution < 1.29 is 35.9 Å². The van der Waals surface area contributed by atoms with Gasteiger partial charge in [-0.2, -0.15) is 0 Å². The lowest BCUT2D eigenvalue weighted by Gasteiger charge is -2.23. The first-order valence-electron chi connectivity index (χ1n) is 31.9. The van der Waals surface area contributed by atoms with Crippen LogP contribution in [0.2, 0.25) is 0 Å². The van der Waals surface area contributed by atoms with Crippen LogP contribution in [0.25, 0.3) is 43.6 Å². The van der Waals surface area contributed by atoms with E-state index in [2.05, 4.69) is 153 Å². The molecule has 0 radical (unpaired) electrons. The molecule has 24 heteroatoms. The molecule has 4 aromatic heterocycles. The summed E-state index contributed by atoms with van der Waals surface area (Å²) in [5.74, 6) is 1.01. The van der Waals surface area contributed by atoms with Crippen molar-refractivity contribution in [3.05, 3.63) is 257 Å². The lowest BCUT2D eigenvalue weighted by molar-refractivity contribution is 0.194. The predicted octanol–water partition coefficient (Wildman–Crippen LogP) is 20.0. The number of ether oxygens (including phenoxy) is 2. The minimum atomic E-state index is -3.53. The molecule has 12 aromatic rings. The number of nitrogens with one attached hydrogen (secondary N) is 6. The number of aryl methyl sites for hydroxylation is 4. The molecule has 508 valence electrons. The van der Waals surface area contributed by atoms with E-state index in [-0.39, 0.29) is 29.1 Å². The maximum atomic E-state index is 12.6. The lowest BCUT2D eigenvalue weighted by Crippen LogP contribution is -2.33. The molecule has 0 aliphatic heterocycles. The van der Waals surface area contributed by atoms with Gasteiger partial charge in [0.2, 0.25) is 10.0 Å². The van der Waals surface area contributed by atoms with E-state index in [0.29, 0.717) is 16.4 Å². The van der Waals surface area contributed by atoms with Crippen LogP contribution in [0.3, 0.4) is 0 Å². The number of fused-ring (bicyclic) bond motifs is 12. The molecule has 1 amide bonds. The third kappa shape index (κ3) is 18.3. The molecule has 8 aromatic carbocycles. The number of halogens is 6. The molecule has 4 aliphatic rings. The molecule has 0 bridgehead atoms. The van der Waals surface area contributed by atoms with Gasteiger partial charge in [0.15, 0.2) is 0 Å². The Morgan fingerprint density at radius 2 is 0.755 bits per heavy atom. The number of sulfonamides is 1. The fourth-order valence-corrected chi connectivity index (χ4v) is 16.4. The Labute approximate surface area is 611 Å². The molecule has 0 saturated heterocycles. The number of hydrogen-bond acceptors (Lipinski definition) is 10. The zero-order valence-corrected chi connectivity index (χ0v) is 62.3. The van der Waals surface area contributed by atoms with Gasteiger partial charge in [-0.15, -0.1) is 0 Å². The van der Waals surface area contributed by atoms with E-state index in [9.17, 15) is 26.4 Å². The van der Waals surface area contributed by atoms with Gasteiger partial charge in [-0.1, -0.05) is 137 Å². The average Bonchev–Trinajstić information content (AvgIpc) is 1.47. The fourth-order valence-electron chi connectivity index (χ4n) is 12.9. The normalized spacial score (nSPS) is 16.8. The highest BCUT2D eigenvalue weighted by Gasteiger charge is 2.30. The van der Waals surface area contributed by atoms with Gasteiger partial charge in [0.1, 0.15) is 11.5 Å². The van der Waals surface area contributed by atoms with E-state index < -0.39 is 30.6 Å². The van der Waals surface area contributed by atoms with Crippen LogP contribution in [0.15, 0.2) is 222 Å². The third-order valence-corrected chi connectivity index (χ3v) is 22.2. The van der Waals surface area contributed by atoms with Gasteiger partial charge in [0.25, 0.3) is 9.05 Å². The van der Waals surface area contributed by atoms with Crippen LogP contribution >= 0.6 is 86.0 Å². The van der Waals surface area contributed by atoms with Crippen molar-refractivity contribution in [2.45, 2.75) is 111 Å². The minimum Gasteiger partial charge on any atom is -0.415 e. The number of para-hydroxylation sites is 2. The summed E-state index contributed by atoms with van der Waals surface area (Å²) in [6, 6.07) is 59.4. The Kier molecular flexibility index (Phi) is 24.3. The van der Waals surface area contributed by atoms with Crippen molar-refractivity contribution in [2.75, 3.05) is 0 Å². The van der Waals surface area contributed by atoms with E-state index in [4.69, 9.17) is 38.5 Å². The van der Waals surface area contributed by atoms with E-state index in [1.165, 1.54) is 91.2 Å². The van der Waals surface area contributed by atoms with Gasteiger partial charge in [-0.05, 0) is 221 Å². The van der Waals surface area contributed by atoms with E-state index in [1.807, 2.05) is 48.5 Å². The number of carbonyl (C=O) groups excluding carboxylic acids is 2. The molecule has 4 atom stereocenters. The summed E-state index contributed by atoms with van der Waals surface area (Å²) in [4.78, 5) is 36.6. The van der Waals surface area contributed by atoms with E-state index in [0.717, 1.165) is 105 Å². The fraction of sp³-hybridized carbons (Fsp3) is 0.216. The third-order valence-electron chi connectivity index (χ3n) is 17.3. The molecule has 0 saturated carbocycles. The molecular formula is C74H70Br4Cl2N8O8S2. The highest BCUT2D eigenvalue weighted by Crippen LogP contribution is 2.40. The molecule has 98 heavy (non-hydrogen) atoms. The number of amides is 1. The first-order valence-corrected chi connectivity index (χ1v) is 39.2. The molecule has 10 N–H and O–H groups in total. The SMILES string of the molecule is NC1CCCc2c1[nH]c1ccc(Br)cc21.NC1CCCc2c1[nH]c1ccc(Br)cc21.O=C(Cl)Oc1ccccc1.O=C(NC1CCCc2c1[nH]c1ccc(Br)cc21)Oc1ccccc1.O=S(=O)(Cl)c1ccccc1.O=S(=O)(NC1CCCc2c1[nH]c1ccc(Br)cc21)c1ccccc1. The van der Waals surface area contributed by atoms with Crippen LogP contribution < -0.4 is 31.0 Å². The summed E-state index contributed by atoms with van der Waals surface area (Å²) in [5.41, 5.74) is 25.9. The molecule has 0 spiro atoms. The Hall–Kier alpha value is -7.06. The van der Waals surface area contributed by atoms with Crippen molar-refractivity contribution in [1.82, 2.24) is 30.0 Å². The van der Waals surface area contributed by atoms with Gasteiger partial charge < -0.3 is 46.2 Å². The van der Waals surface area contributed by atoms with E-state index in [1.54, 1.807) is 78.9 Å². The topological polar surface area (TPSA) is 260 Å². The first kappa shape index (κ1) is 72.2. The van der Waals surface area contributed by atoms with Gasteiger partial charge >= 0.3 is 11.5 Å². The number of aromatic amines is 4. The number of benzene rings is 8. The highest BCUT2D eigenvalue weighted by molar-refractivity contribution is 9.11. The van der Waals surface area contributed by atoms with E-state index >= 15 is 0 Å². The van der Waals surface area contributed by atoms with Gasteiger partial charge in [-0.3, -0.25) is 0 Å². The number of carbonyl (C=O) groups is 2. The van der Waals surface area contributed by atoms with Crippen LogP contribution in [0, 0.1) is 0 Å². The first-order chi connectivity index (χ1) is 47.1. The van der Waals surface area contributed by atoms with Crippen molar-refractivity contribution in [2.24, 2.45) is 11.5 Å². The largest absolute Gasteiger partial charge is 0.415 e. The number of hydrogen-bond donors (Lipinski definition) is 8. The molecule has 0 fully saturated rings. The molecule has 4 heterocycles. The molecule has 16 rings (SSSR count). The Bertz CT molecular complexity index is 4910. The van der Waals surface area contributed by atoms with Gasteiger partial charge in [0.05, 0.1) is 21.9 Å². The zero-order valence-electron chi connectivity index (χ0n) is 52.8. The van der Waals surface area contributed by atoms with Gasteiger partial charge in [-0.25, -0.2) is 31.1 Å². The van der Waals surface area contributed by atoms with Crippen LogP contribution in [0.4, 0.5) is 9.59 Å². The summed E-state index contributed by atoms with van der Waals surface area (Å²) in [5, 5.41) is 8.05. The summed E-state index contributed by atoms with van der Waals surface area (Å²) < 4.78 is 63.6. The smallest absolute Gasteiger partial charge is 0.413 e. The number of H-pyrrole nitrogens is 4. The number of rotatable bonds is 7. The predicted molar refractivity (Wildman–Crippen MR) is 405 cm³/mol. The highest BCUT2D eigenvalue weighted by atomic mass is 79.9. The average molecular weight is 1650 g/mol. The van der Waals surface area contributed by atoms with Crippen LogP contribution in [0.1, 0.15) is 121 Å². The van der Waals surface area contributed by atoms with Crippen LogP contribution in [-0.2, 0) is 44.8 Å². The lowest BCUT2D eigenvalue weighted by atomic mass is 9.92. The molecule has 4 unspecified atom stereocenters. The summed E-state index contributed by atoms with van der Waals surface area (Å²) in [6.07, 6.45) is 12.2. The maximum absolute atomic E-state index is 12.6. The molecule has 16 nitrogen and oxygen atoms in total. The minimum absolute atomic E-state index is 0.0452. The number of aromatic nitrogens is 4. The quantitative estimate of drug-likeness (QED) is 0.0700. The van der Waals surface area contributed by atoms with Crippen molar-refractivity contribution in [3.63, 3.8) is 0 Å². The molecule has 4 aliphatic carbocycles. The molecular weight excluding hydrogens is 1580 g/mol. The Morgan fingerprint density at radius 1 is 0.429 bits per heavy atom. The summed E-state index contributed by atoms with van der Waals surface area (Å²) >= 11 is 19.0. The standard InChI is InChI=1S/C19H17BrN2O2.C18H17BrN2O2S.2C12H13BrN2.C7H5ClO2.C6H5ClO2S/c20-12-9-10-16-15(11-12)14-7-4-8-17(18(14)21-16)22-19(23)24-13-5-2-1-3-6-13;19-12-9-10-16-15(11-12)14-7-4-8-17(18(14)20-16)21-24(22,23)13-5-2-1-3-6-13;2*13-7-4-5-11-9(6-7)8-2-1-3-10(14)12(8)15-11;8-7(9)10-6-4-2-1-3-5-6;7-10(8,9)6-4-2-1-3-5-6/h1-3,5-6,9-11,17,21H,4,7-8H2,(H,22,23);1-3,5-6,9-11,17,20-21H,4,7-8H2;2*4-6,10,15H,1-3,14H2;2*1-5H. The van der Waals surface area contributed by atoms with Crippen molar-refractivity contribution >= 4 is 160 Å². The second kappa shape index (κ2) is 33.0. The monoisotopic (exact) mass is 1650 g/mol. The van der Waals surface area contributed by atoms with Crippen molar-refractivity contribution in [1.29, 1.82) is 0 Å². The Morgan fingerprint density at radius 3 is 1.13 bits per heavy atom. The van der Waals surface area contributed by atoms with Gasteiger partial charge in [0, 0.05) is 119 Å². The second-order valence-electron chi connectivity index (χ2n) is 23.9. The summed E-state index contributed by atoms with van der Waals surface area (Å²) in [7, 11) is -2.03. The zero-order chi connectivity index (χ0) is 69.1. The number of nitrogens with two attached hydrogens (primary N) is 2. The van der Waals surface area contributed by atoms with Crippen LogP contribution in [0.5, 0.6) is 11.5 Å². The summed E-state index contributed by atoms with van der Waals surface area (Å²) in [6.45, 7) is 0. The maximum Gasteiger partial charge on any atom is 0.413 e. The van der Waals surface area contributed by atoms with Crippen LogP contribution in [-0.4, -0.2) is 48.3 Å².